The predicted molar refractivity (Wildman–Crippen MR) is 102 cm³/mol. The van der Waals surface area contributed by atoms with Gasteiger partial charge in [-0.25, -0.2) is 10.2 Å². The zero-order valence-electron chi connectivity index (χ0n) is 15.3. The van der Waals surface area contributed by atoms with E-state index in [9.17, 15) is 14.4 Å². The van der Waals surface area contributed by atoms with Gasteiger partial charge >= 0.3 is 17.8 Å². The van der Waals surface area contributed by atoms with Crippen molar-refractivity contribution in [3.63, 3.8) is 0 Å². The maximum atomic E-state index is 12.0. The van der Waals surface area contributed by atoms with Crippen LogP contribution in [-0.4, -0.2) is 42.8 Å². The number of anilines is 1. The topological polar surface area (TPSA) is 126 Å². The van der Waals surface area contributed by atoms with E-state index in [1.54, 1.807) is 31.2 Å². The Labute approximate surface area is 161 Å². The molecular weight excluding hydrogens is 366 g/mol. The summed E-state index contributed by atoms with van der Waals surface area (Å²) < 4.78 is 10.5. The van der Waals surface area contributed by atoms with E-state index < -0.39 is 17.8 Å². The molecule has 2 amide bonds. The van der Waals surface area contributed by atoms with E-state index in [0.29, 0.717) is 29.4 Å². The first-order chi connectivity index (χ1) is 13.5. The molecule has 9 heteroatoms. The molecule has 2 rings (SSSR count). The SMILES string of the molecule is CCOc1ccc(C(=O)O)cc1/C=N\NC(=O)C(=O)Nc1ccccc1OC. The van der Waals surface area contributed by atoms with Gasteiger partial charge in [0.25, 0.3) is 0 Å². The fourth-order valence-corrected chi connectivity index (χ4v) is 2.21. The van der Waals surface area contributed by atoms with Crippen LogP contribution in [0.5, 0.6) is 11.5 Å². The van der Waals surface area contributed by atoms with Crippen LogP contribution >= 0.6 is 0 Å². The minimum Gasteiger partial charge on any atom is -0.495 e. The van der Waals surface area contributed by atoms with Crippen LogP contribution < -0.4 is 20.2 Å². The number of nitrogens with one attached hydrogen (secondary N) is 2. The molecule has 0 atom stereocenters. The number of ether oxygens (including phenoxy) is 2. The Hall–Kier alpha value is -3.88. The largest absolute Gasteiger partial charge is 0.495 e. The normalized spacial score (nSPS) is 10.4. The second-order valence-corrected chi connectivity index (χ2v) is 5.34. The Morgan fingerprint density at radius 1 is 1.11 bits per heavy atom. The lowest BCUT2D eigenvalue weighted by Crippen LogP contribution is -2.32. The number of hydrogen-bond acceptors (Lipinski definition) is 6. The predicted octanol–water partition coefficient (Wildman–Crippen LogP) is 1.88. The van der Waals surface area contributed by atoms with Gasteiger partial charge in [-0.2, -0.15) is 5.10 Å². The summed E-state index contributed by atoms with van der Waals surface area (Å²) in [7, 11) is 1.44. The number of hydrazone groups is 1. The molecule has 0 aliphatic carbocycles. The molecule has 0 heterocycles. The van der Waals surface area contributed by atoms with Crippen LogP contribution in [0.3, 0.4) is 0 Å². The second kappa shape index (κ2) is 9.72. The third kappa shape index (κ3) is 5.31. The molecular formula is C19H19N3O6. The smallest absolute Gasteiger partial charge is 0.335 e. The van der Waals surface area contributed by atoms with Crippen molar-refractivity contribution in [3.05, 3.63) is 53.6 Å². The molecule has 146 valence electrons. The third-order valence-electron chi connectivity index (χ3n) is 3.49. The summed E-state index contributed by atoms with van der Waals surface area (Å²) in [4.78, 5) is 35.0. The molecule has 0 aliphatic heterocycles. The van der Waals surface area contributed by atoms with Crippen molar-refractivity contribution in [1.29, 1.82) is 0 Å². The molecule has 0 bridgehead atoms. The molecule has 0 spiro atoms. The molecule has 0 radical (unpaired) electrons. The fourth-order valence-electron chi connectivity index (χ4n) is 2.21. The molecule has 3 N–H and O–H groups in total. The minimum absolute atomic E-state index is 0.0325. The number of hydrogen-bond donors (Lipinski definition) is 3. The first-order valence-corrected chi connectivity index (χ1v) is 8.23. The summed E-state index contributed by atoms with van der Waals surface area (Å²) in [5.74, 6) is -2.26. The van der Waals surface area contributed by atoms with E-state index >= 15 is 0 Å². The van der Waals surface area contributed by atoms with Gasteiger partial charge in [0.05, 0.1) is 31.2 Å². The summed E-state index contributed by atoms with van der Waals surface area (Å²) in [6.07, 6.45) is 1.20. The summed E-state index contributed by atoms with van der Waals surface area (Å²) >= 11 is 0. The van der Waals surface area contributed by atoms with Crippen LogP contribution in [0.15, 0.2) is 47.6 Å². The van der Waals surface area contributed by atoms with Gasteiger partial charge in [-0.3, -0.25) is 9.59 Å². The molecule has 28 heavy (non-hydrogen) atoms. The van der Waals surface area contributed by atoms with E-state index in [4.69, 9.17) is 14.6 Å². The second-order valence-electron chi connectivity index (χ2n) is 5.34. The molecule has 0 saturated heterocycles. The summed E-state index contributed by atoms with van der Waals surface area (Å²) in [5, 5.41) is 15.2. The number of carboxylic acid groups (broad SMARTS) is 1. The molecule has 0 fully saturated rings. The number of amides is 2. The van der Waals surface area contributed by atoms with Gasteiger partial charge in [0.2, 0.25) is 0 Å². The average Bonchev–Trinajstić information content (AvgIpc) is 2.69. The highest BCUT2D eigenvalue weighted by Gasteiger charge is 2.15. The zero-order chi connectivity index (χ0) is 20.5. The van der Waals surface area contributed by atoms with E-state index in [0.717, 1.165) is 0 Å². The van der Waals surface area contributed by atoms with Gasteiger partial charge in [-0.05, 0) is 37.3 Å². The van der Waals surface area contributed by atoms with Gasteiger partial charge in [-0.1, -0.05) is 12.1 Å². The summed E-state index contributed by atoms with van der Waals surface area (Å²) in [6.45, 7) is 2.14. The fraction of sp³-hybridized carbons (Fsp3) is 0.158. The molecule has 2 aromatic rings. The van der Waals surface area contributed by atoms with Crippen LogP contribution in [0, 0.1) is 0 Å². The lowest BCUT2D eigenvalue weighted by Gasteiger charge is -2.09. The van der Waals surface area contributed by atoms with Gasteiger partial charge in [0.15, 0.2) is 0 Å². The molecule has 0 aliphatic rings. The third-order valence-corrected chi connectivity index (χ3v) is 3.49. The highest BCUT2D eigenvalue weighted by molar-refractivity contribution is 6.39. The van der Waals surface area contributed by atoms with Crippen molar-refractivity contribution >= 4 is 29.7 Å². The number of rotatable bonds is 7. The number of carbonyl (C=O) groups is 3. The highest BCUT2D eigenvalue weighted by atomic mass is 16.5. The molecule has 0 unspecified atom stereocenters. The van der Waals surface area contributed by atoms with E-state index in [1.807, 2.05) is 0 Å². The van der Waals surface area contributed by atoms with Crippen molar-refractivity contribution in [1.82, 2.24) is 5.43 Å². The van der Waals surface area contributed by atoms with Gasteiger partial charge in [0.1, 0.15) is 11.5 Å². The molecule has 0 saturated carbocycles. The first kappa shape index (κ1) is 20.4. The number of benzene rings is 2. The summed E-state index contributed by atoms with van der Waals surface area (Å²) in [5.41, 5.74) is 2.79. The van der Waals surface area contributed by atoms with Crippen molar-refractivity contribution in [2.45, 2.75) is 6.92 Å². The van der Waals surface area contributed by atoms with Crippen LogP contribution in [-0.2, 0) is 9.59 Å². The zero-order valence-corrected chi connectivity index (χ0v) is 15.3. The van der Waals surface area contributed by atoms with Crippen LogP contribution in [0.25, 0.3) is 0 Å². The Kier molecular flexibility index (Phi) is 7.09. The number of carbonyl (C=O) groups excluding carboxylic acids is 2. The number of aromatic carboxylic acids is 1. The molecule has 0 aromatic heterocycles. The minimum atomic E-state index is -1.11. The lowest BCUT2D eigenvalue weighted by atomic mass is 10.1. The Balaban J connectivity index is 2.07. The number of nitrogens with zero attached hydrogens (tertiary/aromatic N) is 1. The van der Waals surface area contributed by atoms with Crippen LogP contribution in [0.2, 0.25) is 0 Å². The van der Waals surface area contributed by atoms with Crippen molar-refractivity contribution in [2.24, 2.45) is 5.10 Å². The quantitative estimate of drug-likeness (QED) is 0.379. The maximum Gasteiger partial charge on any atom is 0.335 e. The van der Waals surface area contributed by atoms with Crippen molar-refractivity contribution in [3.8, 4) is 11.5 Å². The highest BCUT2D eigenvalue weighted by Crippen LogP contribution is 2.22. The first-order valence-electron chi connectivity index (χ1n) is 8.23. The number of carboxylic acids is 1. The maximum absolute atomic E-state index is 12.0. The lowest BCUT2D eigenvalue weighted by molar-refractivity contribution is -0.136. The van der Waals surface area contributed by atoms with E-state index in [-0.39, 0.29) is 5.56 Å². The Morgan fingerprint density at radius 3 is 2.54 bits per heavy atom. The van der Waals surface area contributed by atoms with Crippen molar-refractivity contribution in [2.75, 3.05) is 19.0 Å². The van der Waals surface area contributed by atoms with Crippen LogP contribution in [0.1, 0.15) is 22.8 Å². The monoisotopic (exact) mass is 385 g/mol. The van der Waals surface area contributed by atoms with E-state index in [2.05, 4.69) is 15.8 Å². The Bertz CT molecular complexity index is 910. The standard InChI is InChI=1S/C19H19N3O6/c1-3-28-15-9-8-12(19(25)26)10-13(15)11-20-22-18(24)17(23)21-14-6-4-5-7-16(14)27-2/h4-11H,3H2,1-2H3,(H,21,23)(H,22,24)(H,25,26)/b20-11-. The van der Waals surface area contributed by atoms with Gasteiger partial charge in [-0.15, -0.1) is 0 Å². The molecule has 2 aromatic carbocycles. The van der Waals surface area contributed by atoms with Gasteiger partial charge < -0.3 is 19.9 Å². The van der Waals surface area contributed by atoms with Crippen LogP contribution in [0.4, 0.5) is 5.69 Å². The average molecular weight is 385 g/mol. The van der Waals surface area contributed by atoms with E-state index in [1.165, 1.54) is 31.5 Å². The van der Waals surface area contributed by atoms with Crippen molar-refractivity contribution < 1.29 is 29.0 Å². The number of methoxy groups -OCH3 is 1. The number of para-hydroxylation sites is 2. The summed E-state index contributed by atoms with van der Waals surface area (Å²) in [6, 6.07) is 10.8. The molecule has 9 nitrogen and oxygen atoms in total. The Morgan fingerprint density at radius 2 is 1.86 bits per heavy atom. The van der Waals surface area contributed by atoms with Gasteiger partial charge in [0, 0.05) is 5.56 Å².